The standard InChI is InChI=1S/C12H23NO3S2.CH4/c14-12-2-1-3-13(12)4-10-18-11-8-16-6-5-15-7-9-17;/h17H,1-11H2;1H4. The summed E-state index contributed by atoms with van der Waals surface area (Å²) in [6, 6.07) is 0. The van der Waals surface area contributed by atoms with Gasteiger partial charge < -0.3 is 14.4 Å². The average molecular weight is 309 g/mol. The number of thiol groups is 1. The Kier molecular flexibility index (Phi) is 13.2. The molecule has 0 aliphatic carbocycles. The molecule has 0 aromatic rings. The summed E-state index contributed by atoms with van der Waals surface area (Å²) in [6.45, 7) is 4.56. The van der Waals surface area contributed by atoms with Gasteiger partial charge in [-0.15, -0.1) is 0 Å². The predicted octanol–water partition coefficient (Wildman–Crippen LogP) is 1.94. The van der Waals surface area contributed by atoms with Crippen molar-refractivity contribution in [1.82, 2.24) is 4.90 Å². The van der Waals surface area contributed by atoms with Gasteiger partial charge in [-0.05, 0) is 6.42 Å². The first-order valence-corrected chi connectivity index (χ1v) is 8.25. The Labute approximate surface area is 127 Å². The third-order valence-corrected chi connectivity index (χ3v) is 3.77. The van der Waals surface area contributed by atoms with Gasteiger partial charge in [-0.3, -0.25) is 4.79 Å². The lowest BCUT2D eigenvalue weighted by Gasteiger charge is -2.14. The number of hydrogen-bond donors (Lipinski definition) is 1. The van der Waals surface area contributed by atoms with Crippen molar-refractivity contribution in [2.75, 3.05) is 56.8 Å². The summed E-state index contributed by atoms with van der Waals surface area (Å²) in [7, 11) is 0. The van der Waals surface area contributed by atoms with Crippen molar-refractivity contribution in [3.63, 3.8) is 0 Å². The Morgan fingerprint density at radius 3 is 2.53 bits per heavy atom. The number of ether oxygens (including phenoxy) is 2. The molecule has 1 fully saturated rings. The Morgan fingerprint density at radius 2 is 1.89 bits per heavy atom. The van der Waals surface area contributed by atoms with Crippen LogP contribution in [-0.2, 0) is 14.3 Å². The first-order valence-electron chi connectivity index (χ1n) is 6.46. The molecular formula is C13H27NO3S2. The van der Waals surface area contributed by atoms with Crippen molar-refractivity contribution in [3.05, 3.63) is 0 Å². The Hall–Kier alpha value is 0.0900. The van der Waals surface area contributed by atoms with Crippen LogP contribution < -0.4 is 0 Å². The van der Waals surface area contributed by atoms with Gasteiger partial charge in [-0.2, -0.15) is 24.4 Å². The van der Waals surface area contributed by atoms with Crippen LogP contribution in [0.15, 0.2) is 0 Å². The molecule has 0 aromatic carbocycles. The average Bonchev–Trinajstić information content (AvgIpc) is 2.77. The fraction of sp³-hybridized carbons (Fsp3) is 0.923. The second-order valence-corrected chi connectivity index (χ2v) is 5.72. The third kappa shape index (κ3) is 9.60. The summed E-state index contributed by atoms with van der Waals surface area (Å²) >= 11 is 5.89. The number of carbonyl (C=O) groups excluding carboxylic acids is 1. The van der Waals surface area contributed by atoms with E-state index in [0.717, 1.165) is 49.8 Å². The summed E-state index contributed by atoms with van der Waals surface area (Å²) < 4.78 is 10.7. The van der Waals surface area contributed by atoms with E-state index < -0.39 is 0 Å². The molecule has 0 unspecified atom stereocenters. The molecule has 0 bridgehead atoms. The lowest BCUT2D eigenvalue weighted by molar-refractivity contribution is -0.127. The smallest absolute Gasteiger partial charge is 0.222 e. The first kappa shape index (κ1) is 19.1. The quantitative estimate of drug-likeness (QED) is 0.468. The van der Waals surface area contributed by atoms with Crippen molar-refractivity contribution in [2.24, 2.45) is 0 Å². The molecule has 4 nitrogen and oxygen atoms in total. The normalized spacial score (nSPS) is 14.8. The largest absolute Gasteiger partial charge is 0.378 e. The third-order valence-electron chi connectivity index (χ3n) is 2.66. The maximum absolute atomic E-state index is 11.3. The van der Waals surface area contributed by atoms with Crippen molar-refractivity contribution in [2.45, 2.75) is 20.3 Å². The van der Waals surface area contributed by atoms with Gasteiger partial charge in [0.15, 0.2) is 0 Å². The number of likely N-dealkylation sites (tertiary alicyclic amines) is 1. The van der Waals surface area contributed by atoms with Crippen LogP contribution in [0.4, 0.5) is 0 Å². The van der Waals surface area contributed by atoms with E-state index in [1.165, 1.54) is 0 Å². The van der Waals surface area contributed by atoms with Crippen LogP contribution in [0.3, 0.4) is 0 Å². The molecule has 1 heterocycles. The topological polar surface area (TPSA) is 38.8 Å². The van der Waals surface area contributed by atoms with Gasteiger partial charge in [0.2, 0.25) is 5.91 Å². The zero-order valence-corrected chi connectivity index (χ0v) is 12.5. The zero-order valence-electron chi connectivity index (χ0n) is 10.8. The molecule has 19 heavy (non-hydrogen) atoms. The van der Waals surface area contributed by atoms with Crippen LogP contribution in [-0.4, -0.2) is 67.6 Å². The fourth-order valence-electron chi connectivity index (χ4n) is 1.72. The molecule has 0 N–H and O–H groups in total. The summed E-state index contributed by atoms with van der Waals surface area (Å²) in [4.78, 5) is 13.3. The molecule has 1 aliphatic heterocycles. The van der Waals surface area contributed by atoms with Crippen LogP contribution >= 0.6 is 24.4 Å². The van der Waals surface area contributed by atoms with Gasteiger partial charge in [-0.25, -0.2) is 0 Å². The Morgan fingerprint density at radius 1 is 1.16 bits per heavy atom. The van der Waals surface area contributed by atoms with Crippen LogP contribution in [0, 0.1) is 0 Å². The van der Waals surface area contributed by atoms with Crippen LogP contribution in [0.5, 0.6) is 0 Å². The van der Waals surface area contributed by atoms with E-state index in [1.54, 1.807) is 0 Å². The summed E-state index contributed by atoms with van der Waals surface area (Å²) in [6.07, 6.45) is 1.76. The van der Waals surface area contributed by atoms with E-state index in [1.807, 2.05) is 16.7 Å². The summed E-state index contributed by atoms with van der Waals surface area (Å²) in [5.41, 5.74) is 0. The molecular weight excluding hydrogens is 282 g/mol. The molecule has 6 heteroatoms. The molecule has 0 radical (unpaired) electrons. The number of carbonyl (C=O) groups is 1. The maximum Gasteiger partial charge on any atom is 0.222 e. The highest BCUT2D eigenvalue weighted by molar-refractivity contribution is 7.99. The first-order chi connectivity index (χ1) is 8.84. The molecule has 1 aliphatic rings. The highest BCUT2D eigenvalue weighted by Gasteiger charge is 2.18. The SMILES string of the molecule is C.O=C1CCCN1CCSCCOCCOCCS. The zero-order chi connectivity index (χ0) is 13.1. The van der Waals surface area contributed by atoms with Gasteiger partial charge in [0.25, 0.3) is 0 Å². The number of thioether (sulfide) groups is 1. The molecule has 0 aromatic heterocycles. The van der Waals surface area contributed by atoms with Gasteiger partial charge in [0.05, 0.1) is 26.4 Å². The van der Waals surface area contributed by atoms with Gasteiger partial charge in [0.1, 0.15) is 0 Å². The maximum atomic E-state index is 11.3. The Bertz CT molecular complexity index is 230. The second-order valence-electron chi connectivity index (χ2n) is 4.05. The lowest BCUT2D eigenvalue weighted by Crippen LogP contribution is -2.27. The minimum absolute atomic E-state index is 0. The minimum Gasteiger partial charge on any atom is -0.378 e. The Balaban J connectivity index is 0.00000324. The molecule has 0 spiro atoms. The highest BCUT2D eigenvalue weighted by atomic mass is 32.2. The summed E-state index contributed by atoms with van der Waals surface area (Å²) in [5.74, 6) is 3.05. The number of amides is 1. The van der Waals surface area contributed by atoms with Gasteiger partial charge in [0, 0.05) is 36.8 Å². The second kappa shape index (κ2) is 13.1. The minimum atomic E-state index is 0. The molecule has 0 saturated carbocycles. The van der Waals surface area contributed by atoms with Crippen molar-refractivity contribution < 1.29 is 14.3 Å². The van der Waals surface area contributed by atoms with E-state index in [9.17, 15) is 4.79 Å². The van der Waals surface area contributed by atoms with Crippen molar-refractivity contribution in [3.8, 4) is 0 Å². The number of hydrogen-bond acceptors (Lipinski definition) is 5. The van der Waals surface area contributed by atoms with Crippen LogP contribution in [0.1, 0.15) is 20.3 Å². The van der Waals surface area contributed by atoms with E-state index in [-0.39, 0.29) is 7.43 Å². The van der Waals surface area contributed by atoms with Crippen molar-refractivity contribution >= 4 is 30.3 Å². The molecule has 114 valence electrons. The molecule has 1 saturated heterocycles. The van der Waals surface area contributed by atoms with E-state index in [0.29, 0.717) is 25.7 Å². The van der Waals surface area contributed by atoms with Crippen molar-refractivity contribution in [1.29, 1.82) is 0 Å². The predicted molar refractivity (Wildman–Crippen MR) is 85.4 cm³/mol. The highest BCUT2D eigenvalue weighted by Crippen LogP contribution is 2.10. The van der Waals surface area contributed by atoms with E-state index >= 15 is 0 Å². The van der Waals surface area contributed by atoms with Gasteiger partial charge in [-0.1, -0.05) is 7.43 Å². The van der Waals surface area contributed by atoms with Crippen LogP contribution in [0.25, 0.3) is 0 Å². The van der Waals surface area contributed by atoms with Gasteiger partial charge >= 0.3 is 0 Å². The molecule has 1 amide bonds. The fourth-order valence-corrected chi connectivity index (χ4v) is 2.64. The monoisotopic (exact) mass is 309 g/mol. The number of rotatable bonds is 11. The molecule has 1 rings (SSSR count). The molecule has 0 atom stereocenters. The summed E-state index contributed by atoms with van der Waals surface area (Å²) in [5, 5.41) is 0. The van der Waals surface area contributed by atoms with Crippen LogP contribution in [0.2, 0.25) is 0 Å². The van der Waals surface area contributed by atoms with E-state index in [4.69, 9.17) is 9.47 Å². The van der Waals surface area contributed by atoms with E-state index in [2.05, 4.69) is 12.6 Å². The lowest BCUT2D eigenvalue weighted by atomic mass is 10.4. The number of nitrogens with zero attached hydrogens (tertiary/aromatic N) is 1.